The van der Waals surface area contributed by atoms with Crippen molar-refractivity contribution in [2.24, 2.45) is 23.7 Å². The number of carbonyl (C=O) groups is 2. The van der Waals surface area contributed by atoms with Crippen LogP contribution in [0.15, 0.2) is 23.0 Å². The number of nitrogens with zero attached hydrogens (tertiary/aromatic N) is 1. The molecule has 1 aromatic rings. The first kappa shape index (κ1) is 19.0. The van der Waals surface area contributed by atoms with Gasteiger partial charge in [-0.3, -0.25) is 14.4 Å². The van der Waals surface area contributed by atoms with Crippen LogP contribution in [0.5, 0.6) is 0 Å². The third kappa shape index (κ3) is 3.29. The molecule has 1 fully saturated rings. The van der Waals surface area contributed by atoms with E-state index in [2.05, 4.69) is 17.1 Å². The lowest BCUT2D eigenvalue weighted by atomic mass is 9.72. The molecule has 0 aromatic carbocycles. The van der Waals surface area contributed by atoms with Crippen LogP contribution in [0.4, 0.5) is 0 Å². The van der Waals surface area contributed by atoms with Gasteiger partial charge in [0.2, 0.25) is 0 Å². The Bertz CT molecular complexity index is 872. The highest BCUT2D eigenvalue weighted by Crippen LogP contribution is 2.40. The maximum Gasteiger partial charge on any atom is 0.309 e. The number of aryl methyl sites for hydroxylation is 2. The number of nitrogens with one attached hydrogen (secondary N) is 1. The van der Waals surface area contributed by atoms with E-state index < -0.39 is 0 Å². The first-order valence-electron chi connectivity index (χ1n) is 10.4. The van der Waals surface area contributed by atoms with Crippen LogP contribution in [0.1, 0.15) is 48.3 Å². The van der Waals surface area contributed by atoms with Crippen molar-refractivity contribution in [3.05, 3.63) is 45.4 Å². The maximum atomic E-state index is 13.1. The largest absolute Gasteiger partial charge is 0.466 e. The zero-order valence-corrected chi connectivity index (χ0v) is 16.6. The second-order valence-corrected chi connectivity index (χ2v) is 8.28. The summed E-state index contributed by atoms with van der Waals surface area (Å²) in [7, 11) is 0. The number of allylic oxidation sites excluding steroid dienone is 1. The van der Waals surface area contributed by atoms with E-state index in [-0.39, 0.29) is 46.7 Å². The number of aromatic amines is 1. The summed E-state index contributed by atoms with van der Waals surface area (Å²) < 4.78 is 5.29. The average Bonchev–Trinajstić information content (AvgIpc) is 3.11. The molecule has 6 heteroatoms. The van der Waals surface area contributed by atoms with Crippen LogP contribution in [0.2, 0.25) is 0 Å². The number of hydrogen-bond acceptors (Lipinski definition) is 4. The quantitative estimate of drug-likeness (QED) is 0.641. The minimum atomic E-state index is -0.300. The predicted molar refractivity (Wildman–Crippen MR) is 105 cm³/mol. The van der Waals surface area contributed by atoms with Gasteiger partial charge in [-0.05, 0) is 62.0 Å². The molecule has 150 valence electrons. The number of H-pyrrole nitrogens is 1. The van der Waals surface area contributed by atoms with Gasteiger partial charge in [-0.25, -0.2) is 0 Å². The Balaban J connectivity index is 1.57. The maximum absolute atomic E-state index is 13.1. The number of likely N-dealkylation sites (tertiary alicyclic amines) is 1. The molecule has 1 saturated heterocycles. The summed E-state index contributed by atoms with van der Waals surface area (Å²) in [6.45, 7) is 5.21. The van der Waals surface area contributed by atoms with Crippen molar-refractivity contribution >= 4 is 11.9 Å². The zero-order valence-electron chi connectivity index (χ0n) is 16.6. The van der Waals surface area contributed by atoms with Gasteiger partial charge < -0.3 is 14.6 Å². The van der Waals surface area contributed by atoms with Crippen molar-refractivity contribution in [3.63, 3.8) is 0 Å². The zero-order chi connectivity index (χ0) is 19.8. The molecule has 1 aliphatic heterocycles. The number of aromatic nitrogens is 1. The summed E-state index contributed by atoms with van der Waals surface area (Å²) >= 11 is 0. The van der Waals surface area contributed by atoms with Crippen molar-refractivity contribution in [2.75, 3.05) is 19.7 Å². The molecule has 28 heavy (non-hydrogen) atoms. The van der Waals surface area contributed by atoms with Gasteiger partial charge in [-0.15, -0.1) is 0 Å². The van der Waals surface area contributed by atoms with Gasteiger partial charge in [0.25, 0.3) is 11.5 Å². The highest BCUT2D eigenvalue weighted by atomic mass is 16.5. The number of hydrogen-bond donors (Lipinski definition) is 1. The monoisotopic (exact) mass is 384 g/mol. The van der Waals surface area contributed by atoms with Crippen molar-refractivity contribution in [3.8, 4) is 0 Å². The molecule has 0 saturated carbocycles. The molecular formula is C22H28N2O4. The number of esters is 1. The molecule has 6 nitrogen and oxygen atoms in total. The fourth-order valence-corrected chi connectivity index (χ4v) is 5.06. The molecular weight excluding hydrogens is 356 g/mol. The van der Waals surface area contributed by atoms with E-state index in [1.54, 1.807) is 11.0 Å². The molecule has 4 rings (SSSR count). The highest BCUT2D eigenvalue weighted by Gasteiger charge is 2.46. The smallest absolute Gasteiger partial charge is 0.309 e. The Morgan fingerprint density at radius 1 is 1.21 bits per heavy atom. The van der Waals surface area contributed by atoms with Crippen LogP contribution in [-0.4, -0.2) is 41.5 Å². The summed E-state index contributed by atoms with van der Waals surface area (Å²) in [5.41, 5.74) is 1.99. The van der Waals surface area contributed by atoms with Crippen LogP contribution in [0, 0.1) is 23.7 Å². The van der Waals surface area contributed by atoms with E-state index >= 15 is 0 Å². The van der Waals surface area contributed by atoms with E-state index in [9.17, 15) is 14.4 Å². The lowest BCUT2D eigenvalue weighted by Crippen LogP contribution is -2.38. The van der Waals surface area contributed by atoms with Crippen molar-refractivity contribution in [1.29, 1.82) is 0 Å². The van der Waals surface area contributed by atoms with Crippen LogP contribution in [-0.2, 0) is 22.4 Å². The third-order valence-electron chi connectivity index (χ3n) is 6.52. The normalized spacial score (nSPS) is 28.6. The van der Waals surface area contributed by atoms with Crippen molar-refractivity contribution in [2.45, 2.75) is 39.5 Å². The molecule has 1 N–H and O–H groups in total. The Hall–Kier alpha value is -2.37. The summed E-state index contributed by atoms with van der Waals surface area (Å²) in [5, 5.41) is 0. The number of rotatable bonds is 3. The molecule has 4 atom stereocenters. The van der Waals surface area contributed by atoms with E-state index in [0.717, 1.165) is 36.9 Å². The minimum Gasteiger partial charge on any atom is -0.466 e. The van der Waals surface area contributed by atoms with Crippen LogP contribution in [0.3, 0.4) is 0 Å². The second kappa shape index (κ2) is 7.57. The van der Waals surface area contributed by atoms with Gasteiger partial charge in [0.1, 0.15) is 5.56 Å². The Morgan fingerprint density at radius 3 is 2.79 bits per heavy atom. The van der Waals surface area contributed by atoms with Gasteiger partial charge in [0.15, 0.2) is 0 Å². The summed E-state index contributed by atoms with van der Waals surface area (Å²) in [6.07, 6.45) is 8.12. The predicted octanol–water partition coefficient (Wildman–Crippen LogP) is 2.33. The van der Waals surface area contributed by atoms with E-state index in [1.165, 1.54) is 0 Å². The fraction of sp³-hybridized carbons (Fsp3) is 0.591. The summed E-state index contributed by atoms with van der Waals surface area (Å²) in [5.74, 6) is -0.397. The average molecular weight is 384 g/mol. The Morgan fingerprint density at radius 2 is 2.00 bits per heavy atom. The van der Waals surface area contributed by atoms with E-state index in [4.69, 9.17) is 4.74 Å². The lowest BCUT2D eigenvalue weighted by molar-refractivity contribution is -0.152. The summed E-state index contributed by atoms with van der Waals surface area (Å²) in [4.78, 5) is 42.8. The van der Waals surface area contributed by atoms with Gasteiger partial charge in [-0.1, -0.05) is 19.1 Å². The highest BCUT2D eigenvalue weighted by molar-refractivity contribution is 5.94. The van der Waals surface area contributed by atoms with Crippen LogP contribution >= 0.6 is 0 Å². The number of fused-ring (bicyclic) bond motifs is 2. The van der Waals surface area contributed by atoms with E-state index in [1.807, 2.05) is 13.8 Å². The lowest BCUT2D eigenvalue weighted by Gasteiger charge is -2.31. The fourth-order valence-electron chi connectivity index (χ4n) is 5.06. The molecule has 0 unspecified atom stereocenters. The van der Waals surface area contributed by atoms with Crippen molar-refractivity contribution < 1.29 is 14.3 Å². The van der Waals surface area contributed by atoms with Gasteiger partial charge in [0.05, 0.1) is 12.5 Å². The molecule has 2 aliphatic carbocycles. The molecule has 2 heterocycles. The number of ether oxygens (including phenoxy) is 1. The van der Waals surface area contributed by atoms with Crippen LogP contribution in [0.25, 0.3) is 0 Å². The first-order chi connectivity index (χ1) is 13.5. The van der Waals surface area contributed by atoms with Gasteiger partial charge in [-0.2, -0.15) is 0 Å². The number of pyridine rings is 1. The standard InChI is InChI=1S/C22H28N2O4/c1-3-28-22(27)19-13(2)8-9-15-11-24(12-17(15)19)21(26)16-10-14-6-4-5-7-18(14)23-20(16)25/h8-10,13,15,17,19H,3-7,11-12H2,1-2H3,(H,23,25)/t13-,15-,17-,19-/m0/s1. The summed E-state index contributed by atoms with van der Waals surface area (Å²) in [6, 6.07) is 1.79. The number of carbonyl (C=O) groups excluding carboxylic acids is 2. The molecule has 0 bridgehead atoms. The van der Waals surface area contributed by atoms with E-state index in [0.29, 0.717) is 19.7 Å². The Labute approximate surface area is 165 Å². The molecule has 3 aliphatic rings. The first-order valence-corrected chi connectivity index (χ1v) is 10.4. The molecule has 1 amide bonds. The second-order valence-electron chi connectivity index (χ2n) is 8.28. The Kier molecular flexibility index (Phi) is 5.13. The van der Waals surface area contributed by atoms with Crippen LogP contribution < -0.4 is 5.56 Å². The number of amides is 1. The topological polar surface area (TPSA) is 79.5 Å². The minimum absolute atomic E-state index is 0.0414. The molecule has 0 spiro atoms. The van der Waals surface area contributed by atoms with Crippen molar-refractivity contribution in [1.82, 2.24) is 9.88 Å². The molecule has 1 aromatic heterocycles. The van der Waals surface area contributed by atoms with Gasteiger partial charge >= 0.3 is 5.97 Å². The molecule has 0 radical (unpaired) electrons. The van der Waals surface area contributed by atoms with Gasteiger partial charge in [0, 0.05) is 18.8 Å². The SMILES string of the molecule is CCOC(=O)[C@@H]1[C@H]2CN(C(=O)c3cc4c([nH]c3=O)CCCC4)C[C@@H]2C=C[C@@H]1C. The third-order valence-corrected chi connectivity index (χ3v) is 6.52.